The van der Waals surface area contributed by atoms with Crippen LogP contribution < -0.4 is 15.0 Å². The molecule has 10 heteroatoms. The van der Waals surface area contributed by atoms with Crippen molar-refractivity contribution in [2.24, 2.45) is 0 Å². The number of fused-ring (bicyclic) bond motifs is 1. The molecule has 1 amide bonds. The van der Waals surface area contributed by atoms with Gasteiger partial charge in [-0.2, -0.15) is 5.10 Å². The van der Waals surface area contributed by atoms with Gasteiger partial charge in [-0.3, -0.25) is 19.5 Å². The van der Waals surface area contributed by atoms with Gasteiger partial charge in [0.05, 0.1) is 37.2 Å². The second-order valence-electron chi connectivity index (χ2n) is 9.66. The molecule has 208 valence electrons. The predicted molar refractivity (Wildman–Crippen MR) is 153 cm³/mol. The molecule has 1 aliphatic rings. The molecule has 1 fully saturated rings. The third kappa shape index (κ3) is 6.07. The third-order valence-electron chi connectivity index (χ3n) is 7.23. The zero-order valence-electron chi connectivity index (χ0n) is 22.8. The molecule has 1 aliphatic heterocycles. The van der Waals surface area contributed by atoms with Gasteiger partial charge >= 0.3 is 5.97 Å². The number of para-hydroxylation sites is 1. The number of ether oxygens (including phenoxy) is 2. The van der Waals surface area contributed by atoms with Gasteiger partial charge in [0.2, 0.25) is 5.91 Å². The van der Waals surface area contributed by atoms with E-state index in [0.717, 1.165) is 59.8 Å². The number of carbonyl (C=O) groups is 2. The van der Waals surface area contributed by atoms with Gasteiger partial charge in [0, 0.05) is 50.4 Å². The number of hydrogen-bond donors (Lipinski definition) is 1. The second-order valence-corrected chi connectivity index (χ2v) is 9.66. The van der Waals surface area contributed by atoms with Crippen LogP contribution in [0.5, 0.6) is 5.75 Å². The van der Waals surface area contributed by atoms with Gasteiger partial charge in [0.1, 0.15) is 18.0 Å². The van der Waals surface area contributed by atoms with Crippen LogP contribution >= 0.6 is 0 Å². The minimum absolute atomic E-state index is 0.165. The van der Waals surface area contributed by atoms with Crippen LogP contribution in [0.2, 0.25) is 0 Å². The maximum absolute atomic E-state index is 13.0. The molecule has 1 N–H and O–H groups in total. The van der Waals surface area contributed by atoms with E-state index in [0.29, 0.717) is 6.54 Å². The van der Waals surface area contributed by atoms with Gasteiger partial charge in [-0.1, -0.05) is 24.3 Å². The molecule has 0 aliphatic carbocycles. The van der Waals surface area contributed by atoms with Crippen molar-refractivity contribution in [3.8, 4) is 11.4 Å². The van der Waals surface area contributed by atoms with Gasteiger partial charge in [-0.25, -0.2) is 4.68 Å². The fourth-order valence-corrected chi connectivity index (χ4v) is 5.21. The highest BCUT2D eigenvalue weighted by Gasteiger charge is 2.29. The molecular formula is C30H34N6O4. The fourth-order valence-electron chi connectivity index (χ4n) is 5.21. The molecule has 1 unspecified atom stereocenters. The van der Waals surface area contributed by atoms with Crippen molar-refractivity contribution in [3.05, 3.63) is 78.8 Å². The summed E-state index contributed by atoms with van der Waals surface area (Å²) in [5.41, 5.74) is 3.65. The molecule has 0 saturated carbocycles. The Labute approximate surface area is 233 Å². The van der Waals surface area contributed by atoms with E-state index in [9.17, 15) is 9.59 Å². The number of methoxy groups -OCH3 is 2. The van der Waals surface area contributed by atoms with Crippen LogP contribution in [0.25, 0.3) is 16.6 Å². The number of carbonyl (C=O) groups excluding carboxylic acids is 2. The highest BCUT2D eigenvalue weighted by Crippen LogP contribution is 2.36. The minimum atomic E-state index is -0.485. The van der Waals surface area contributed by atoms with Gasteiger partial charge in [-0.05, 0) is 42.8 Å². The summed E-state index contributed by atoms with van der Waals surface area (Å²) >= 11 is 0. The highest BCUT2D eigenvalue weighted by atomic mass is 16.5. The number of esters is 1. The number of benzene rings is 2. The molecule has 0 radical (unpaired) electrons. The topological polar surface area (TPSA) is 102 Å². The summed E-state index contributed by atoms with van der Waals surface area (Å²) in [6, 6.07) is 19.6. The Morgan fingerprint density at radius 2 is 1.82 bits per heavy atom. The van der Waals surface area contributed by atoms with Crippen LogP contribution in [0.4, 0.5) is 5.69 Å². The minimum Gasteiger partial charge on any atom is -0.494 e. The SMILES string of the molecule is COC(=O)CNC(=O)CC(c1ccn(-c2ccccc2)n1)N1CCCN(c2c(OC)ccc3cccnc23)CC1. The summed E-state index contributed by atoms with van der Waals surface area (Å²) < 4.78 is 12.2. The van der Waals surface area contributed by atoms with Crippen LogP contribution in [-0.2, 0) is 14.3 Å². The summed E-state index contributed by atoms with van der Waals surface area (Å²) in [6.45, 7) is 2.87. The Balaban J connectivity index is 1.40. The van der Waals surface area contributed by atoms with Crippen LogP contribution in [0.15, 0.2) is 73.1 Å². The third-order valence-corrected chi connectivity index (χ3v) is 7.23. The van der Waals surface area contributed by atoms with E-state index >= 15 is 0 Å². The lowest BCUT2D eigenvalue weighted by atomic mass is 10.1. The van der Waals surface area contributed by atoms with Gasteiger partial charge in [-0.15, -0.1) is 0 Å². The van der Waals surface area contributed by atoms with Crippen molar-refractivity contribution in [2.45, 2.75) is 18.9 Å². The van der Waals surface area contributed by atoms with E-state index in [1.165, 1.54) is 7.11 Å². The number of nitrogens with zero attached hydrogens (tertiary/aromatic N) is 5. The van der Waals surface area contributed by atoms with Crippen molar-refractivity contribution in [3.63, 3.8) is 0 Å². The maximum atomic E-state index is 13.0. The Morgan fingerprint density at radius 1 is 0.975 bits per heavy atom. The summed E-state index contributed by atoms with van der Waals surface area (Å²) in [5, 5.41) is 8.60. The van der Waals surface area contributed by atoms with Crippen LogP contribution in [-0.4, -0.2) is 78.5 Å². The van der Waals surface area contributed by atoms with Crippen molar-refractivity contribution < 1.29 is 19.1 Å². The van der Waals surface area contributed by atoms with E-state index in [2.05, 4.69) is 30.9 Å². The van der Waals surface area contributed by atoms with E-state index < -0.39 is 5.97 Å². The first-order valence-corrected chi connectivity index (χ1v) is 13.4. The van der Waals surface area contributed by atoms with Gasteiger partial charge in [0.25, 0.3) is 0 Å². The molecule has 3 heterocycles. The quantitative estimate of drug-likeness (QED) is 0.321. The summed E-state index contributed by atoms with van der Waals surface area (Å²) in [7, 11) is 2.99. The number of aromatic nitrogens is 3. The lowest BCUT2D eigenvalue weighted by Gasteiger charge is -2.30. The predicted octanol–water partition coefficient (Wildman–Crippen LogP) is 3.36. The first-order valence-electron chi connectivity index (χ1n) is 13.4. The Hall–Kier alpha value is -4.44. The Morgan fingerprint density at radius 3 is 2.62 bits per heavy atom. The molecule has 2 aromatic carbocycles. The van der Waals surface area contributed by atoms with Crippen molar-refractivity contribution in [1.82, 2.24) is 25.0 Å². The van der Waals surface area contributed by atoms with Gasteiger partial charge < -0.3 is 19.7 Å². The van der Waals surface area contributed by atoms with Crippen LogP contribution in [0.1, 0.15) is 24.6 Å². The molecule has 0 spiro atoms. The van der Waals surface area contributed by atoms with Crippen molar-refractivity contribution >= 4 is 28.5 Å². The van der Waals surface area contributed by atoms with E-state index in [4.69, 9.17) is 9.84 Å². The first kappa shape index (κ1) is 27.1. The molecule has 1 saturated heterocycles. The normalized spacial score (nSPS) is 14.9. The van der Waals surface area contributed by atoms with Crippen LogP contribution in [0, 0.1) is 0 Å². The summed E-state index contributed by atoms with van der Waals surface area (Å²) in [4.78, 5) is 33.9. The average Bonchev–Trinajstić information content (AvgIpc) is 3.37. The lowest BCUT2D eigenvalue weighted by molar-refractivity contribution is -0.141. The smallest absolute Gasteiger partial charge is 0.325 e. The Kier molecular flexibility index (Phi) is 8.56. The largest absolute Gasteiger partial charge is 0.494 e. The van der Waals surface area contributed by atoms with Gasteiger partial charge in [0.15, 0.2) is 0 Å². The molecule has 10 nitrogen and oxygen atoms in total. The molecule has 40 heavy (non-hydrogen) atoms. The zero-order chi connectivity index (χ0) is 27.9. The Bertz CT molecular complexity index is 1460. The second kappa shape index (κ2) is 12.6. The van der Waals surface area contributed by atoms with E-state index in [1.54, 1.807) is 13.3 Å². The number of pyridine rings is 1. The molecule has 2 aromatic heterocycles. The number of amides is 1. The average molecular weight is 543 g/mol. The van der Waals surface area contributed by atoms with E-state index in [-0.39, 0.29) is 24.9 Å². The summed E-state index contributed by atoms with van der Waals surface area (Å²) in [6.07, 6.45) is 4.77. The lowest BCUT2D eigenvalue weighted by Crippen LogP contribution is -2.38. The monoisotopic (exact) mass is 542 g/mol. The molecule has 5 rings (SSSR count). The number of hydrogen-bond acceptors (Lipinski definition) is 8. The summed E-state index contributed by atoms with van der Waals surface area (Å²) in [5.74, 6) is 0.0759. The van der Waals surface area contributed by atoms with Crippen molar-refractivity contribution in [1.29, 1.82) is 0 Å². The molecule has 0 bridgehead atoms. The highest BCUT2D eigenvalue weighted by molar-refractivity contribution is 5.94. The van der Waals surface area contributed by atoms with Crippen LogP contribution in [0.3, 0.4) is 0 Å². The number of rotatable bonds is 9. The molecule has 4 aromatic rings. The number of anilines is 1. The first-order chi connectivity index (χ1) is 19.6. The van der Waals surface area contributed by atoms with Crippen molar-refractivity contribution in [2.75, 3.05) is 51.8 Å². The van der Waals surface area contributed by atoms with E-state index in [1.807, 2.05) is 65.5 Å². The maximum Gasteiger partial charge on any atom is 0.325 e. The number of nitrogens with one attached hydrogen (secondary N) is 1. The fraction of sp³-hybridized carbons (Fsp3) is 0.333. The molecule has 1 atom stereocenters. The standard InChI is InChI=1S/C30H34N6O4/c1-39-26-12-11-22-8-6-14-31-29(22)30(26)35-16-7-15-34(18-19-35)25(20-27(37)32-21-28(38)40-2)24-13-17-36(33-24)23-9-4-3-5-10-23/h3-6,8-14,17,25H,7,15-16,18-21H2,1-2H3,(H,32,37). The molecular weight excluding hydrogens is 508 g/mol. The zero-order valence-corrected chi connectivity index (χ0v) is 22.8.